The number of nitrogens with one attached hydrogen (secondary N) is 1. The summed E-state index contributed by atoms with van der Waals surface area (Å²) in [5, 5.41) is 3.51. The highest BCUT2D eigenvalue weighted by Crippen LogP contribution is 2.50. The number of rotatable bonds is 9. The van der Waals surface area contributed by atoms with Crippen LogP contribution in [0.1, 0.15) is 51.5 Å². The topological polar surface area (TPSA) is 24.4 Å². The summed E-state index contributed by atoms with van der Waals surface area (Å²) in [6.07, 6.45) is 7.26. The number of aliphatic imine (C=N–C) groups is 1. The summed E-state index contributed by atoms with van der Waals surface area (Å²) in [5.74, 6) is 1.14. The first-order chi connectivity index (χ1) is 11.6. The average Bonchev–Trinajstić information content (AvgIpc) is 3.39. The average molecular weight is 322 g/mol. The van der Waals surface area contributed by atoms with E-state index in [-0.39, 0.29) is 6.04 Å². The third-order valence-electron chi connectivity index (χ3n) is 4.66. The Bertz CT molecular complexity index is 625. The summed E-state index contributed by atoms with van der Waals surface area (Å²) in [6, 6.07) is 10.8. The van der Waals surface area contributed by atoms with Gasteiger partial charge in [0.2, 0.25) is 0 Å². The lowest BCUT2D eigenvalue weighted by Gasteiger charge is -2.17. The Balaban J connectivity index is 1.84. The largest absolute Gasteiger partial charge is 0.382 e. The molecule has 1 aliphatic rings. The molecule has 0 heterocycles. The van der Waals surface area contributed by atoms with E-state index in [1.165, 1.54) is 12.0 Å². The molecular formula is C22H30N2. The van der Waals surface area contributed by atoms with E-state index < -0.39 is 0 Å². The van der Waals surface area contributed by atoms with Crippen molar-refractivity contribution in [2.75, 3.05) is 0 Å². The maximum Gasteiger partial charge on any atom is 0.0491 e. The second-order valence-electron chi connectivity index (χ2n) is 6.61. The van der Waals surface area contributed by atoms with Crippen molar-refractivity contribution >= 4 is 6.21 Å². The molecule has 2 heteroatoms. The van der Waals surface area contributed by atoms with Crippen molar-refractivity contribution in [1.29, 1.82) is 0 Å². The number of benzene rings is 1. The summed E-state index contributed by atoms with van der Waals surface area (Å²) >= 11 is 0. The van der Waals surface area contributed by atoms with E-state index >= 15 is 0 Å². The lowest BCUT2D eigenvalue weighted by Crippen LogP contribution is -2.28. The van der Waals surface area contributed by atoms with E-state index in [2.05, 4.69) is 73.7 Å². The van der Waals surface area contributed by atoms with E-state index in [0.717, 1.165) is 29.8 Å². The molecule has 2 rings (SSSR count). The van der Waals surface area contributed by atoms with Crippen molar-refractivity contribution in [2.24, 2.45) is 10.9 Å². The van der Waals surface area contributed by atoms with Crippen LogP contribution in [0.4, 0.5) is 0 Å². The first-order valence-electron chi connectivity index (χ1n) is 8.95. The van der Waals surface area contributed by atoms with Gasteiger partial charge in [-0.2, -0.15) is 0 Å². The summed E-state index contributed by atoms with van der Waals surface area (Å²) in [4.78, 5) is 4.55. The zero-order chi connectivity index (χ0) is 17.5. The van der Waals surface area contributed by atoms with Gasteiger partial charge in [0.15, 0.2) is 0 Å². The van der Waals surface area contributed by atoms with E-state index in [1.54, 1.807) is 0 Å². The molecule has 1 fully saturated rings. The van der Waals surface area contributed by atoms with Crippen LogP contribution in [-0.2, 0) is 0 Å². The van der Waals surface area contributed by atoms with Crippen LogP contribution in [0, 0.1) is 5.92 Å². The summed E-state index contributed by atoms with van der Waals surface area (Å²) in [7, 11) is 0. The molecule has 0 aromatic heterocycles. The van der Waals surface area contributed by atoms with Crippen molar-refractivity contribution in [1.82, 2.24) is 5.32 Å². The Hall–Kier alpha value is -2.09. The molecule has 3 atom stereocenters. The SMILES string of the molecule is C=C(C=N/C(=C\C)CCC)C(C)NC(=C)C1CC1c1ccccc1. The fourth-order valence-electron chi connectivity index (χ4n) is 2.94. The van der Waals surface area contributed by atoms with Gasteiger partial charge in [-0.1, -0.05) is 62.9 Å². The standard InChI is InChI=1S/C22H30N2/c1-6-11-20(7-2)23-15-16(3)17(4)24-18(5)21-14-22(21)19-12-9-8-10-13-19/h7-10,12-13,15,17,21-22,24H,3,5-6,11,14H2,1-2,4H3/b20-7-,23-15?. The molecule has 0 radical (unpaired) electrons. The van der Waals surface area contributed by atoms with Gasteiger partial charge in [-0.25, -0.2) is 0 Å². The quantitative estimate of drug-likeness (QED) is 0.587. The Morgan fingerprint density at radius 1 is 1.33 bits per heavy atom. The molecule has 0 saturated heterocycles. The first-order valence-corrected chi connectivity index (χ1v) is 8.95. The number of hydrogen-bond acceptors (Lipinski definition) is 2. The Labute approximate surface area is 147 Å². The molecule has 128 valence electrons. The molecule has 0 bridgehead atoms. The highest BCUT2D eigenvalue weighted by atomic mass is 14.9. The van der Waals surface area contributed by atoms with Gasteiger partial charge in [0, 0.05) is 29.6 Å². The van der Waals surface area contributed by atoms with Crippen molar-refractivity contribution in [3.8, 4) is 0 Å². The number of nitrogens with zero attached hydrogens (tertiary/aromatic N) is 1. The molecule has 0 amide bonds. The molecule has 1 aliphatic carbocycles. The smallest absolute Gasteiger partial charge is 0.0491 e. The van der Waals surface area contributed by atoms with Gasteiger partial charge >= 0.3 is 0 Å². The Kier molecular flexibility index (Phi) is 6.60. The highest BCUT2D eigenvalue weighted by Gasteiger charge is 2.40. The maximum absolute atomic E-state index is 4.55. The number of hydrogen-bond donors (Lipinski definition) is 1. The normalized spacial score (nSPS) is 21.5. The summed E-state index contributed by atoms with van der Waals surface area (Å²) in [6.45, 7) is 14.7. The second-order valence-corrected chi connectivity index (χ2v) is 6.61. The molecule has 1 aromatic carbocycles. The van der Waals surface area contributed by atoms with Crippen molar-refractivity contribution in [2.45, 2.75) is 52.0 Å². The van der Waals surface area contributed by atoms with Gasteiger partial charge in [-0.15, -0.1) is 0 Å². The van der Waals surface area contributed by atoms with Crippen molar-refractivity contribution < 1.29 is 0 Å². The molecule has 2 nitrogen and oxygen atoms in total. The minimum absolute atomic E-state index is 0.151. The zero-order valence-corrected chi connectivity index (χ0v) is 15.3. The van der Waals surface area contributed by atoms with Gasteiger partial charge in [0.05, 0.1) is 0 Å². The third-order valence-corrected chi connectivity index (χ3v) is 4.66. The molecular weight excluding hydrogens is 292 g/mol. The lowest BCUT2D eigenvalue weighted by atomic mass is 10.1. The predicted octanol–water partition coefficient (Wildman–Crippen LogP) is 5.61. The highest BCUT2D eigenvalue weighted by molar-refractivity contribution is 5.80. The first kappa shape index (κ1) is 18.3. The van der Waals surface area contributed by atoms with Crippen LogP contribution in [0.25, 0.3) is 0 Å². The summed E-state index contributed by atoms with van der Waals surface area (Å²) < 4.78 is 0. The fraction of sp³-hybridized carbons (Fsp3) is 0.409. The van der Waals surface area contributed by atoms with Crippen LogP contribution in [0.15, 0.2) is 71.5 Å². The molecule has 1 saturated carbocycles. The van der Waals surface area contributed by atoms with Gasteiger partial charge < -0.3 is 5.32 Å². The van der Waals surface area contributed by atoms with Gasteiger partial charge in [0.25, 0.3) is 0 Å². The monoisotopic (exact) mass is 322 g/mol. The van der Waals surface area contributed by atoms with Crippen LogP contribution in [0.3, 0.4) is 0 Å². The second kappa shape index (κ2) is 8.68. The number of allylic oxidation sites excluding steroid dienone is 3. The lowest BCUT2D eigenvalue weighted by molar-refractivity contribution is 0.669. The van der Waals surface area contributed by atoms with Gasteiger partial charge in [-0.05, 0) is 43.7 Å². The van der Waals surface area contributed by atoms with Gasteiger partial charge in [0.1, 0.15) is 0 Å². The van der Waals surface area contributed by atoms with Crippen LogP contribution in [0.5, 0.6) is 0 Å². The predicted molar refractivity (Wildman–Crippen MR) is 105 cm³/mol. The van der Waals surface area contributed by atoms with E-state index in [9.17, 15) is 0 Å². The Morgan fingerprint density at radius 3 is 2.67 bits per heavy atom. The van der Waals surface area contributed by atoms with Gasteiger partial charge in [-0.3, -0.25) is 4.99 Å². The molecule has 24 heavy (non-hydrogen) atoms. The minimum atomic E-state index is 0.151. The fourth-order valence-corrected chi connectivity index (χ4v) is 2.94. The van der Waals surface area contributed by atoms with Crippen LogP contribution >= 0.6 is 0 Å². The maximum atomic E-state index is 4.55. The van der Waals surface area contributed by atoms with Crippen LogP contribution in [0.2, 0.25) is 0 Å². The zero-order valence-electron chi connectivity index (χ0n) is 15.3. The van der Waals surface area contributed by atoms with E-state index in [4.69, 9.17) is 0 Å². The van der Waals surface area contributed by atoms with E-state index in [0.29, 0.717) is 11.8 Å². The minimum Gasteiger partial charge on any atom is -0.382 e. The molecule has 1 aromatic rings. The summed E-state index contributed by atoms with van der Waals surface area (Å²) in [5.41, 5.74) is 4.64. The molecule has 0 spiro atoms. The molecule has 3 unspecified atom stereocenters. The van der Waals surface area contributed by atoms with Crippen LogP contribution < -0.4 is 5.32 Å². The van der Waals surface area contributed by atoms with Crippen molar-refractivity contribution in [3.05, 3.63) is 72.1 Å². The Morgan fingerprint density at radius 2 is 2.04 bits per heavy atom. The van der Waals surface area contributed by atoms with Crippen LogP contribution in [-0.4, -0.2) is 12.3 Å². The van der Waals surface area contributed by atoms with Crippen molar-refractivity contribution in [3.63, 3.8) is 0 Å². The third kappa shape index (κ3) is 4.95. The molecule has 1 N–H and O–H groups in total. The van der Waals surface area contributed by atoms with E-state index in [1.807, 2.05) is 13.1 Å². The molecule has 0 aliphatic heterocycles.